The molecule has 16 heavy (non-hydrogen) atoms. The van der Waals surface area contributed by atoms with Crippen LogP contribution in [-0.4, -0.2) is 34.7 Å². The maximum Gasteiger partial charge on any atom is 0.373 e. The van der Waals surface area contributed by atoms with Crippen molar-refractivity contribution in [3.05, 3.63) is 0 Å². The first-order chi connectivity index (χ1) is 7.47. The third kappa shape index (κ3) is 5.67. The molecule has 0 heterocycles. The second-order valence-electron chi connectivity index (χ2n) is 3.20. The fraction of sp³-hybridized carbons (Fsp3) is 0.800. The van der Waals surface area contributed by atoms with E-state index in [0.29, 0.717) is 0 Å². The fourth-order valence-corrected chi connectivity index (χ4v) is 0.925. The molecule has 0 aliphatic rings. The highest BCUT2D eigenvalue weighted by atomic mass is 16.8. The van der Waals surface area contributed by atoms with Crippen molar-refractivity contribution in [2.24, 2.45) is 0 Å². The predicted molar refractivity (Wildman–Crippen MR) is 54.0 cm³/mol. The van der Waals surface area contributed by atoms with Crippen LogP contribution in [0.25, 0.3) is 0 Å². The Morgan fingerprint density at radius 2 is 1.56 bits per heavy atom. The van der Waals surface area contributed by atoms with E-state index in [9.17, 15) is 14.7 Å². The van der Waals surface area contributed by atoms with Gasteiger partial charge in [-0.2, -0.15) is 0 Å². The lowest BCUT2D eigenvalue weighted by Crippen LogP contribution is -2.40. The summed E-state index contributed by atoms with van der Waals surface area (Å²) in [5.41, 5.74) is 0. The molecule has 0 aliphatic carbocycles. The van der Waals surface area contributed by atoms with Gasteiger partial charge in [0.2, 0.25) is 0 Å². The molecule has 0 aromatic rings. The zero-order valence-electron chi connectivity index (χ0n) is 9.56. The van der Waals surface area contributed by atoms with Crippen LogP contribution in [0.5, 0.6) is 0 Å². The number of ether oxygens (including phenoxy) is 2. The van der Waals surface area contributed by atoms with E-state index in [4.69, 9.17) is 5.11 Å². The fourth-order valence-electron chi connectivity index (χ4n) is 0.925. The topological polar surface area (TPSA) is 93.1 Å². The summed E-state index contributed by atoms with van der Waals surface area (Å²) < 4.78 is 9.25. The molecule has 0 unspecified atom stereocenters. The van der Waals surface area contributed by atoms with E-state index in [1.165, 1.54) is 0 Å². The Bertz CT molecular complexity index is 219. The van der Waals surface area contributed by atoms with Crippen LogP contribution in [0.1, 0.15) is 39.5 Å². The van der Waals surface area contributed by atoms with Crippen LogP contribution in [0.15, 0.2) is 0 Å². The van der Waals surface area contributed by atoms with E-state index in [-0.39, 0.29) is 32.3 Å². The van der Waals surface area contributed by atoms with E-state index < -0.39 is 17.9 Å². The molecule has 0 saturated carbocycles. The maximum absolute atomic E-state index is 11.0. The van der Waals surface area contributed by atoms with Crippen molar-refractivity contribution < 1.29 is 29.3 Å². The summed E-state index contributed by atoms with van der Waals surface area (Å²) in [7, 11) is 0. The number of hydrogen-bond acceptors (Lipinski definition) is 6. The van der Waals surface area contributed by atoms with Crippen LogP contribution in [0, 0.1) is 0 Å². The van der Waals surface area contributed by atoms with Gasteiger partial charge in [0.25, 0.3) is 0 Å². The molecule has 0 bridgehead atoms. The lowest BCUT2D eigenvalue weighted by Gasteiger charge is -2.26. The first kappa shape index (κ1) is 14.9. The molecular weight excluding hydrogens is 216 g/mol. The van der Waals surface area contributed by atoms with E-state index in [2.05, 4.69) is 9.47 Å². The van der Waals surface area contributed by atoms with Crippen molar-refractivity contribution in [3.8, 4) is 0 Å². The second-order valence-corrected chi connectivity index (χ2v) is 3.20. The largest absolute Gasteiger partial charge is 0.398 e. The monoisotopic (exact) mass is 234 g/mol. The van der Waals surface area contributed by atoms with E-state index >= 15 is 0 Å². The lowest BCUT2D eigenvalue weighted by atomic mass is 10.3. The minimum absolute atomic E-state index is 0.0606. The molecule has 0 fully saturated rings. The molecule has 6 nitrogen and oxygen atoms in total. The molecule has 0 saturated heterocycles. The van der Waals surface area contributed by atoms with Gasteiger partial charge in [-0.1, -0.05) is 13.8 Å². The smallest absolute Gasteiger partial charge is 0.373 e. The first-order valence-electron chi connectivity index (χ1n) is 5.24. The molecule has 0 atom stereocenters. The third-order valence-corrected chi connectivity index (χ3v) is 1.77. The van der Waals surface area contributed by atoms with Gasteiger partial charge >= 0.3 is 17.9 Å². The molecular formula is C10H18O6. The summed E-state index contributed by atoms with van der Waals surface area (Å²) >= 11 is 0. The summed E-state index contributed by atoms with van der Waals surface area (Å²) in [6.07, 6.45) is 0.127. The average molecular weight is 234 g/mol. The van der Waals surface area contributed by atoms with E-state index in [1.807, 2.05) is 0 Å². The number of hydrogen-bond donors (Lipinski definition) is 2. The number of aliphatic hydroxyl groups is 2. The van der Waals surface area contributed by atoms with Gasteiger partial charge in [0.05, 0.1) is 6.42 Å². The lowest BCUT2D eigenvalue weighted by molar-refractivity contribution is -0.328. The van der Waals surface area contributed by atoms with Crippen molar-refractivity contribution in [3.63, 3.8) is 0 Å². The Morgan fingerprint density at radius 1 is 1.12 bits per heavy atom. The molecule has 0 aromatic carbocycles. The molecule has 94 valence electrons. The number of carbonyl (C=O) groups is 2. The van der Waals surface area contributed by atoms with E-state index in [1.54, 1.807) is 13.8 Å². The number of carbonyl (C=O) groups excluding carboxylic acids is 2. The van der Waals surface area contributed by atoms with Gasteiger partial charge in [-0.05, 0) is 6.42 Å². The van der Waals surface area contributed by atoms with Crippen LogP contribution in [-0.2, 0) is 19.1 Å². The van der Waals surface area contributed by atoms with Crippen LogP contribution >= 0.6 is 0 Å². The molecule has 6 heteroatoms. The zero-order chi connectivity index (χ0) is 12.6. The van der Waals surface area contributed by atoms with Crippen LogP contribution < -0.4 is 0 Å². The Kier molecular flexibility index (Phi) is 6.67. The van der Waals surface area contributed by atoms with Crippen LogP contribution in [0.4, 0.5) is 0 Å². The summed E-state index contributed by atoms with van der Waals surface area (Å²) in [5, 5.41) is 18.4. The molecule has 2 N–H and O–H groups in total. The molecule has 0 amide bonds. The normalized spacial score (nSPS) is 11.0. The van der Waals surface area contributed by atoms with Gasteiger partial charge < -0.3 is 19.7 Å². The van der Waals surface area contributed by atoms with Crippen LogP contribution in [0.2, 0.25) is 0 Å². The Labute approximate surface area is 94.2 Å². The summed E-state index contributed by atoms with van der Waals surface area (Å²) in [5.74, 6) is -3.61. The SMILES string of the molecule is CCC(=O)OC(O)(CCCO)OC(=O)CC. The molecule has 0 aromatic heterocycles. The maximum atomic E-state index is 11.0. The highest BCUT2D eigenvalue weighted by Crippen LogP contribution is 2.18. The van der Waals surface area contributed by atoms with Gasteiger partial charge in [-0.25, -0.2) is 0 Å². The summed E-state index contributed by atoms with van der Waals surface area (Å²) in [4.78, 5) is 22.0. The van der Waals surface area contributed by atoms with Gasteiger partial charge in [0, 0.05) is 19.4 Å². The summed E-state index contributed by atoms with van der Waals surface area (Å²) in [6, 6.07) is 0. The van der Waals surface area contributed by atoms with Gasteiger partial charge in [0.1, 0.15) is 0 Å². The van der Waals surface area contributed by atoms with Gasteiger partial charge in [-0.15, -0.1) is 0 Å². The molecule has 0 spiro atoms. The van der Waals surface area contributed by atoms with Crippen molar-refractivity contribution in [1.29, 1.82) is 0 Å². The molecule has 0 radical (unpaired) electrons. The highest BCUT2D eigenvalue weighted by molar-refractivity contribution is 5.71. The summed E-state index contributed by atoms with van der Waals surface area (Å²) in [6.45, 7) is 2.91. The number of esters is 2. The third-order valence-electron chi connectivity index (χ3n) is 1.77. The minimum Gasteiger partial charge on any atom is -0.398 e. The molecule has 0 rings (SSSR count). The van der Waals surface area contributed by atoms with Crippen molar-refractivity contribution in [1.82, 2.24) is 0 Å². The predicted octanol–water partition coefficient (Wildman–Crippen LogP) is 0.311. The van der Waals surface area contributed by atoms with Crippen molar-refractivity contribution in [2.45, 2.75) is 45.5 Å². The minimum atomic E-state index is -2.26. The standard InChI is InChI=1S/C10H18O6/c1-3-8(12)15-10(14,6-5-7-11)16-9(13)4-2/h11,14H,3-7H2,1-2H3. The Morgan fingerprint density at radius 3 is 1.88 bits per heavy atom. The van der Waals surface area contributed by atoms with Crippen molar-refractivity contribution >= 4 is 11.9 Å². The second kappa shape index (κ2) is 7.19. The Hall–Kier alpha value is -1.14. The van der Waals surface area contributed by atoms with Gasteiger partial charge in [0.15, 0.2) is 0 Å². The highest BCUT2D eigenvalue weighted by Gasteiger charge is 2.35. The first-order valence-corrected chi connectivity index (χ1v) is 5.24. The molecule has 0 aliphatic heterocycles. The zero-order valence-corrected chi connectivity index (χ0v) is 9.56. The quantitative estimate of drug-likeness (QED) is 0.486. The van der Waals surface area contributed by atoms with Gasteiger partial charge in [-0.3, -0.25) is 9.59 Å². The Balaban J connectivity index is 4.46. The number of aliphatic hydroxyl groups excluding tert-OH is 1. The van der Waals surface area contributed by atoms with Crippen LogP contribution in [0.3, 0.4) is 0 Å². The van der Waals surface area contributed by atoms with E-state index in [0.717, 1.165) is 0 Å². The number of rotatable bonds is 7. The van der Waals surface area contributed by atoms with Crippen molar-refractivity contribution in [2.75, 3.05) is 6.61 Å². The average Bonchev–Trinajstić information content (AvgIpc) is 2.25.